The average molecular weight is 447 g/mol. The Bertz CT molecular complexity index is 1180. The molecular formula is C22H21Cl2FN4O. The van der Waals surface area contributed by atoms with Gasteiger partial charge in [0.2, 0.25) is 5.91 Å². The van der Waals surface area contributed by atoms with Gasteiger partial charge in [-0.1, -0.05) is 29.8 Å². The van der Waals surface area contributed by atoms with Crippen molar-refractivity contribution in [1.29, 1.82) is 0 Å². The number of nitrogens with zero attached hydrogens (tertiary/aromatic N) is 3. The molecule has 2 heterocycles. The van der Waals surface area contributed by atoms with Crippen LogP contribution in [-0.4, -0.2) is 33.7 Å². The second-order valence-corrected chi connectivity index (χ2v) is 8.37. The van der Waals surface area contributed by atoms with E-state index >= 15 is 4.39 Å². The Morgan fingerprint density at radius 2 is 2.10 bits per heavy atom. The minimum atomic E-state index is -0.938. The fraction of sp³-hybridized carbons (Fsp3) is 0.273. The molecule has 0 radical (unpaired) electrons. The second kappa shape index (κ2) is 7.60. The minimum absolute atomic E-state index is 0.148. The zero-order chi connectivity index (χ0) is 21.6. The predicted octanol–water partition coefficient (Wildman–Crippen LogP) is 5.05. The van der Waals surface area contributed by atoms with Crippen LogP contribution in [0.4, 0.5) is 10.1 Å². The Morgan fingerprint density at radius 1 is 1.33 bits per heavy atom. The summed E-state index contributed by atoms with van der Waals surface area (Å²) in [5, 5.41) is 9.37. The van der Waals surface area contributed by atoms with Crippen molar-refractivity contribution >= 4 is 45.7 Å². The Labute approximate surface area is 184 Å². The number of carbonyl (C=O) groups excluding carboxylic acids is 1. The number of halogens is 3. The molecule has 2 aromatic carbocycles. The van der Waals surface area contributed by atoms with Gasteiger partial charge in [0, 0.05) is 36.8 Å². The number of amides is 1. The number of aromatic nitrogens is 2. The molecule has 156 valence electrons. The number of nitrogens with one attached hydrogen (secondary N) is 1. The lowest BCUT2D eigenvalue weighted by Gasteiger charge is -2.33. The van der Waals surface area contributed by atoms with Crippen LogP contribution in [0.3, 0.4) is 0 Å². The number of hydrogen-bond donors (Lipinski definition) is 1. The third-order valence-electron chi connectivity index (χ3n) is 5.70. The molecule has 3 aromatic rings. The molecule has 1 aliphatic heterocycles. The molecular weight excluding hydrogens is 426 g/mol. The number of likely N-dealkylation sites (tertiary alicyclic amines) is 1. The first-order valence-electron chi connectivity index (χ1n) is 9.52. The number of rotatable bonds is 4. The quantitative estimate of drug-likeness (QED) is 0.450. The first kappa shape index (κ1) is 20.7. The molecule has 0 saturated carbocycles. The van der Waals surface area contributed by atoms with Gasteiger partial charge in [-0.2, -0.15) is 5.10 Å². The van der Waals surface area contributed by atoms with Crippen molar-refractivity contribution in [3.63, 3.8) is 0 Å². The smallest absolute Gasteiger partial charge is 0.246 e. The molecule has 1 saturated heterocycles. The van der Waals surface area contributed by atoms with Crippen molar-refractivity contribution in [2.24, 2.45) is 7.05 Å². The van der Waals surface area contributed by atoms with Crippen molar-refractivity contribution in [3.8, 4) is 0 Å². The predicted molar refractivity (Wildman–Crippen MR) is 119 cm³/mol. The van der Waals surface area contributed by atoms with Crippen LogP contribution in [0.15, 0.2) is 43.0 Å². The molecule has 0 bridgehead atoms. The van der Waals surface area contributed by atoms with Crippen LogP contribution < -0.4 is 5.32 Å². The van der Waals surface area contributed by atoms with Crippen LogP contribution in [-0.2, 0) is 17.4 Å². The van der Waals surface area contributed by atoms with E-state index in [1.54, 1.807) is 9.58 Å². The average Bonchev–Trinajstić information content (AvgIpc) is 3.26. The Hall–Kier alpha value is -2.57. The van der Waals surface area contributed by atoms with E-state index in [1.165, 1.54) is 18.2 Å². The van der Waals surface area contributed by atoms with Crippen molar-refractivity contribution in [2.45, 2.75) is 18.9 Å². The number of carbonyl (C=O) groups is 1. The Morgan fingerprint density at radius 3 is 2.83 bits per heavy atom. The summed E-state index contributed by atoms with van der Waals surface area (Å²) in [5.41, 5.74) is 1.97. The number of aryl methyl sites for hydroxylation is 2. The third-order valence-corrected chi connectivity index (χ3v) is 6.50. The maximum atomic E-state index is 15.0. The van der Waals surface area contributed by atoms with Gasteiger partial charge in [0.15, 0.2) is 0 Å². The molecule has 1 amide bonds. The Balaban J connectivity index is 1.83. The van der Waals surface area contributed by atoms with Crippen LogP contribution >= 0.6 is 23.2 Å². The first-order valence-corrected chi connectivity index (χ1v) is 10.3. The highest BCUT2D eigenvalue weighted by Gasteiger charge is 2.44. The molecule has 1 N–H and O–H groups in total. The van der Waals surface area contributed by atoms with E-state index in [4.69, 9.17) is 23.2 Å². The maximum Gasteiger partial charge on any atom is 0.246 e. The van der Waals surface area contributed by atoms with Gasteiger partial charge in [0.05, 0.1) is 26.8 Å². The van der Waals surface area contributed by atoms with Gasteiger partial charge in [0.25, 0.3) is 0 Å². The summed E-state index contributed by atoms with van der Waals surface area (Å²) in [5.74, 6) is -0.683. The van der Waals surface area contributed by atoms with Gasteiger partial charge in [-0.05, 0) is 49.8 Å². The summed E-state index contributed by atoms with van der Waals surface area (Å²) in [6.07, 6.45) is 1.72. The fourth-order valence-electron chi connectivity index (χ4n) is 4.25. The number of fused-ring (bicyclic) bond motifs is 1. The summed E-state index contributed by atoms with van der Waals surface area (Å²) < 4.78 is 16.8. The molecule has 1 fully saturated rings. The van der Waals surface area contributed by atoms with E-state index in [1.807, 2.05) is 32.2 Å². The summed E-state index contributed by atoms with van der Waals surface area (Å²) >= 11 is 12.7. The van der Waals surface area contributed by atoms with Crippen molar-refractivity contribution in [2.75, 3.05) is 18.4 Å². The molecule has 0 aliphatic carbocycles. The zero-order valence-electron chi connectivity index (χ0n) is 16.7. The molecule has 1 atom stereocenters. The summed E-state index contributed by atoms with van der Waals surface area (Å²) in [6, 6.07) is 8.60. The van der Waals surface area contributed by atoms with E-state index in [-0.39, 0.29) is 28.1 Å². The van der Waals surface area contributed by atoms with Crippen LogP contribution in [0.1, 0.15) is 17.7 Å². The number of benzene rings is 2. The van der Waals surface area contributed by atoms with Gasteiger partial charge in [-0.3, -0.25) is 9.48 Å². The van der Waals surface area contributed by atoms with Crippen LogP contribution in [0.5, 0.6) is 0 Å². The number of anilines is 1. The van der Waals surface area contributed by atoms with Gasteiger partial charge in [-0.15, -0.1) is 0 Å². The molecule has 8 heteroatoms. The van der Waals surface area contributed by atoms with Crippen LogP contribution in [0.2, 0.25) is 10.0 Å². The van der Waals surface area contributed by atoms with Gasteiger partial charge >= 0.3 is 0 Å². The standard InChI is InChI=1S/C22H21Cl2FN4O/c1-4-19(30)29-10-9-22(12-29,20-17(25)8-7-16(23)21(20)24)26-14-5-6-15-13(2)27-28(3)18(15)11-14/h4-8,11,26H,1,9-10,12H2,2-3H3/t22-/m1/s1. The molecule has 30 heavy (non-hydrogen) atoms. The largest absolute Gasteiger partial charge is 0.373 e. The highest BCUT2D eigenvalue weighted by atomic mass is 35.5. The highest BCUT2D eigenvalue weighted by molar-refractivity contribution is 6.42. The fourth-order valence-corrected chi connectivity index (χ4v) is 4.75. The maximum absolute atomic E-state index is 15.0. The van der Waals surface area contributed by atoms with Gasteiger partial charge in [-0.25, -0.2) is 4.39 Å². The topological polar surface area (TPSA) is 50.2 Å². The normalized spacial score (nSPS) is 18.8. The van der Waals surface area contributed by atoms with E-state index in [0.717, 1.165) is 22.3 Å². The van der Waals surface area contributed by atoms with Crippen molar-refractivity contribution in [1.82, 2.24) is 14.7 Å². The SMILES string of the molecule is C=CC(=O)N1CC[C@](Nc2ccc3c(C)nn(C)c3c2)(c2c(F)ccc(Cl)c2Cl)C1. The lowest BCUT2D eigenvalue weighted by molar-refractivity contribution is -0.125. The second-order valence-electron chi connectivity index (χ2n) is 7.58. The zero-order valence-corrected chi connectivity index (χ0v) is 18.2. The van der Waals surface area contributed by atoms with Crippen molar-refractivity contribution < 1.29 is 9.18 Å². The molecule has 1 aliphatic rings. The third kappa shape index (κ3) is 3.34. The van der Waals surface area contributed by atoms with Crippen LogP contribution in [0.25, 0.3) is 10.9 Å². The monoisotopic (exact) mass is 446 g/mol. The van der Waals surface area contributed by atoms with E-state index in [0.29, 0.717) is 13.0 Å². The molecule has 4 rings (SSSR count). The van der Waals surface area contributed by atoms with Gasteiger partial charge < -0.3 is 10.2 Å². The van der Waals surface area contributed by atoms with E-state index in [2.05, 4.69) is 17.0 Å². The van der Waals surface area contributed by atoms with E-state index < -0.39 is 11.4 Å². The lowest BCUT2D eigenvalue weighted by Crippen LogP contribution is -2.41. The number of hydrogen-bond acceptors (Lipinski definition) is 3. The highest BCUT2D eigenvalue weighted by Crippen LogP contribution is 2.43. The van der Waals surface area contributed by atoms with Gasteiger partial charge in [0.1, 0.15) is 5.82 Å². The molecule has 1 aromatic heterocycles. The van der Waals surface area contributed by atoms with Crippen LogP contribution in [0, 0.1) is 12.7 Å². The summed E-state index contributed by atoms with van der Waals surface area (Å²) in [6.45, 7) is 6.19. The summed E-state index contributed by atoms with van der Waals surface area (Å²) in [7, 11) is 1.88. The molecule has 0 spiro atoms. The summed E-state index contributed by atoms with van der Waals surface area (Å²) in [4.78, 5) is 13.9. The van der Waals surface area contributed by atoms with E-state index in [9.17, 15) is 4.79 Å². The Kier molecular flexibility index (Phi) is 5.24. The lowest BCUT2D eigenvalue weighted by atomic mass is 9.87. The van der Waals surface area contributed by atoms with Crippen molar-refractivity contribution in [3.05, 3.63) is 70.1 Å². The minimum Gasteiger partial charge on any atom is -0.373 e. The first-order chi connectivity index (χ1) is 14.3. The molecule has 0 unspecified atom stereocenters. The molecule has 5 nitrogen and oxygen atoms in total.